The van der Waals surface area contributed by atoms with E-state index in [1.165, 1.54) is 31.4 Å². The van der Waals surface area contributed by atoms with Gasteiger partial charge in [-0.25, -0.2) is 0 Å². The largest absolute Gasteiger partial charge is 0.372 e. The highest BCUT2D eigenvalue weighted by Gasteiger charge is 2.36. The molecule has 0 atom stereocenters. The van der Waals surface area contributed by atoms with Crippen LogP contribution in [0.15, 0.2) is 42.5 Å². The van der Waals surface area contributed by atoms with Crippen LogP contribution in [0.5, 0.6) is 0 Å². The number of hydrogen-bond acceptors (Lipinski definition) is 4. The molecule has 0 unspecified atom stereocenters. The molecule has 6 nitrogen and oxygen atoms in total. The van der Waals surface area contributed by atoms with Crippen molar-refractivity contribution in [3.63, 3.8) is 0 Å². The van der Waals surface area contributed by atoms with Gasteiger partial charge < -0.3 is 10.2 Å². The van der Waals surface area contributed by atoms with Crippen molar-refractivity contribution in [2.24, 2.45) is 0 Å². The fourth-order valence-corrected chi connectivity index (χ4v) is 3.83. The Hall–Kier alpha value is -2.86. The molecule has 1 N–H and O–H groups in total. The molecular formula is C21H20ClN3O3. The van der Waals surface area contributed by atoms with E-state index in [4.69, 9.17) is 11.6 Å². The minimum atomic E-state index is -0.502. The Morgan fingerprint density at radius 3 is 2.32 bits per heavy atom. The summed E-state index contributed by atoms with van der Waals surface area (Å²) in [5.41, 5.74) is 2.27. The Kier molecular flexibility index (Phi) is 5.05. The van der Waals surface area contributed by atoms with Crippen LogP contribution < -0.4 is 10.2 Å². The van der Waals surface area contributed by atoms with Crippen LogP contribution in [0.3, 0.4) is 0 Å². The van der Waals surface area contributed by atoms with Gasteiger partial charge in [-0.05, 0) is 61.7 Å². The molecule has 2 aromatic rings. The summed E-state index contributed by atoms with van der Waals surface area (Å²) in [6.45, 7) is 1.77. The zero-order chi connectivity index (χ0) is 19.7. The van der Waals surface area contributed by atoms with Gasteiger partial charge in [0.25, 0.3) is 11.8 Å². The number of rotatable bonds is 4. The molecule has 2 aliphatic heterocycles. The van der Waals surface area contributed by atoms with Gasteiger partial charge in [-0.15, -0.1) is 0 Å². The summed E-state index contributed by atoms with van der Waals surface area (Å²) in [5.74, 6) is -1.41. The van der Waals surface area contributed by atoms with Crippen molar-refractivity contribution in [3.8, 4) is 0 Å². The highest BCUT2D eigenvalue weighted by atomic mass is 35.5. The highest BCUT2D eigenvalue weighted by Crippen LogP contribution is 2.26. The number of hydrogen-bond donors (Lipinski definition) is 1. The summed E-state index contributed by atoms with van der Waals surface area (Å²) in [6.07, 6.45) is 3.67. The Bertz CT molecular complexity index is 936. The number of amides is 3. The zero-order valence-corrected chi connectivity index (χ0v) is 16.0. The molecule has 7 heteroatoms. The van der Waals surface area contributed by atoms with Crippen LogP contribution in [-0.4, -0.2) is 42.3 Å². The van der Waals surface area contributed by atoms with Crippen LogP contribution in [-0.2, 0) is 4.79 Å². The van der Waals surface area contributed by atoms with Crippen LogP contribution in [0.1, 0.15) is 40.0 Å². The summed E-state index contributed by atoms with van der Waals surface area (Å²) in [7, 11) is 0. The van der Waals surface area contributed by atoms with Crippen molar-refractivity contribution >= 4 is 40.7 Å². The second-order valence-corrected chi connectivity index (χ2v) is 7.47. The first-order valence-corrected chi connectivity index (χ1v) is 9.71. The van der Waals surface area contributed by atoms with Crippen LogP contribution in [0.25, 0.3) is 0 Å². The maximum atomic E-state index is 12.4. The summed E-state index contributed by atoms with van der Waals surface area (Å²) in [5, 5.41) is 3.12. The molecule has 144 valence electrons. The highest BCUT2D eigenvalue weighted by molar-refractivity contribution is 6.32. The minimum Gasteiger partial charge on any atom is -0.372 e. The molecule has 2 heterocycles. The second-order valence-electron chi connectivity index (χ2n) is 7.03. The van der Waals surface area contributed by atoms with Gasteiger partial charge in [0.15, 0.2) is 0 Å². The van der Waals surface area contributed by atoms with Crippen LogP contribution in [0, 0.1) is 0 Å². The van der Waals surface area contributed by atoms with E-state index < -0.39 is 17.7 Å². The van der Waals surface area contributed by atoms with Gasteiger partial charge in [0.1, 0.15) is 6.54 Å². The first kappa shape index (κ1) is 18.5. The lowest BCUT2D eigenvalue weighted by molar-refractivity contribution is -0.116. The fourth-order valence-electron chi connectivity index (χ4n) is 3.66. The Labute approximate surface area is 168 Å². The number of carbonyl (C=O) groups excluding carboxylic acids is 3. The molecule has 0 radical (unpaired) electrons. The van der Waals surface area contributed by atoms with Crippen molar-refractivity contribution in [1.29, 1.82) is 0 Å². The molecule has 0 aliphatic carbocycles. The van der Waals surface area contributed by atoms with E-state index in [0.29, 0.717) is 10.7 Å². The average molecular weight is 398 g/mol. The van der Waals surface area contributed by atoms with E-state index in [-0.39, 0.29) is 17.7 Å². The van der Waals surface area contributed by atoms with Crippen molar-refractivity contribution < 1.29 is 14.4 Å². The van der Waals surface area contributed by atoms with Crippen molar-refractivity contribution in [2.45, 2.75) is 19.3 Å². The smallest absolute Gasteiger partial charge is 0.262 e. The molecule has 1 fully saturated rings. The average Bonchev–Trinajstić information content (AvgIpc) is 2.93. The summed E-state index contributed by atoms with van der Waals surface area (Å²) in [4.78, 5) is 40.5. The Balaban J connectivity index is 1.39. The van der Waals surface area contributed by atoms with E-state index in [1.807, 2.05) is 24.3 Å². The van der Waals surface area contributed by atoms with Crippen LogP contribution in [0.2, 0.25) is 5.02 Å². The maximum Gasteiger partial charge on any atom is 0.262 e. The Morgan fingerprint density at radius 1 is 0.929 bits per heavy atom. The monoisotopic (exact) mass is 397 g/mol. The van der Waals surface area contributed by atoms with Crippen LogP contribution >= 0.6 is 11.6 Å². The van der Waals surface area contributed by atoms with Gasteiger partial charge >= 0.3 is 0 Å². The quantitative estimate of drug-likeness (QED) is 0.801. The number of carbonyl (C=O) groups is 3. The predicted molar refractivity (Wildman–Crippen MR) is 108 cm³/mol. The molecular weight excluding hydrogens is 378 g/mol. The molecule has 0 bridgehead atoms. The first-order chi connectivity index (χ1) is 13.5. The lowest BCUT2D eigenvalue weighted by atomic mass is 10.1. The summed E-state index contributed by atoms with van der Waals surface area (Å²) >= 11 is 5.90. The number of fused-ring (bicyclic) bond motifs is 1. The molecule has 0 saturated carbocycles. The molecule has 2 aromatic carbocycles. The molecule has 0 aromatic heterocycles. The van der Waals surface area contributed by atoms with Gasteiger partial charge in [0, 0.05) is 29.5 Å². The van der Waals surface area contributed by atoms with Gasteiger partial charge in [0.05, 0.1) is 11.1 Å². The first-order valence-electron chi connectivity index (χ1n) is 9.33. The lowest BCUT2D eigenvalue weighted by Gasteiger charge is -2.28. The topological polar surface area (TPSA) is 69.7 Å². The number of nitrogens with zero attached hydrogens (tertiary/aromatic N) is 2. The number of anilines is 2. The lowest BCUT2D eigenvalue weighted by Crippen LogP contribution is -2.37. The van der Waals surface area contributed by atoms with E-state index in [2.05, 4.69) is 10.2 Å². The molecule has 1 saturated heterocycles. The van der Waals surface area contributed by atoms with Gasteiger partial charge in [-0.1, -0.05) is 11.6 Å². The van der Waals surface area contributed by atoms with E-state index >= 15 is 0 Å². The molecule has 3 amide bonds. The van der Waals surface area contributed by atoms with E-state index in [0.717, 1.165) is 23.7 Å². The predicted octanol–water partition coefficient (Wildman–Crippen LogP) is 3.57. The summed E-state index contributed by atoms with van der Waals surface area (Å²) < 4.78 is 0. The number of benzene rings is 2. The standard InChI is InChI=1S/C21H20ClN3O3/c22-14-4-9-17-18(12-14)21(28)25(20(17)27)13-19(26)23-15-5-7-16(8-6-15)24-10-2-1-3-11-24/h4-9,12H,1-3,10-11,13H2,(H,23,26). The number of piperidine rings is 1. The minimum absolute atomic E-state index is 0.233. The third-order valence-corrected chi connectivity index (χ3v) is 5.34. The van der Waals surface area contributed by atoms with Crippen molar-refractivity contribution in [2.75, 3.05) is 29.9 Å². The second kappa shape index (κ2) is 7.64. The third-order valence-electron chi connectivity index (χ3n) is 5.11. The molecule has 28 heavy (non-hydrogen) atoms. The van der Waals surface area contributed by atoms with Crippen molar-refractivity contribution in [1.82, 2.24) is 4.90 Å². The van der Waals surface area contributed by atoms with E-state index in [1.54, 1.807) is 6.07 Å². The fraction of sp³-hybridized carbons (Fsp3) is 0.286. The SMILES string of the molecule is O=C(CN1C(=O)c2ccc(Cl)cc2C1=O)Nc1ccc(N2CCCCC2)cc1. The zero-order valence-electron chi connectivity index (χ0n) is 15.3. The van der Waals surface area contributed by atoms with E-state index in [9.17, 15) is 14.4 Å². The Morgan fingerprint density at radius 2 is 1.61 bits per heavy atom. The molecule has 0 spiro atoms. The maximum absolute atomic E-state index is 12.4. The number of nitrogens with one attached hydrogen (secondary N) is 1. The number of halogens is 1. The van der Waals surface area contributed by atoms with Gasteiger partial charge in [0.2, 0.25) is 5.91 Å². The van der Waals surface area contributed by atoms with Gasteiger partial charge in [-0.3, -0.25) is 19.3 Å². The third kappa shape index (κ3) is 3.60. The summed E-state index contributed by atoms with van der Waals surface area (Å²) in [6, 6.07) is 12.1. The normalized spacial score (nSPS) is 16.3. The molecule has 2 aliphatic rings. The van der Waals surface area contributed by atoms with Gasteiger partial charge in [-0.2, -0.15) is 0 Å². The van der Waals surface area contributed by atoms with Crippen molar-refractivity contribution in [3.05, 3.63) is 58.6 Å². The van der Waals surface area contributed by atoms with Crippen LogP contribution in [0.4, 0.5) is 11.4 Å². The number of imide groups is 1. The molecule has 4 rings (SSSR count).